The number of carboxylic acids is 1. The molecule has 1 saturated carbocycles. The van der Waals surface area contributed by atoms with Crippen LogP contribution in [0.5, 0.6) is 0 Å². The molecular formula is C9H15NO2. The molecule has 1 heterocycles. The van der Waals surface area contributed by atoms with Gasteiger partial charge in [-0.25, -0.2) is 0 Å². The molecule has 2 rings (SSSR count). The number of likely N-dealkylation sites (N-methyl/N-ethyl adjacent to an activating group) is 1. The fraction of sp³-hybridized carbons (Fsp3) is 0.889. The molecule has 1 saturated heterocycles. The molecule has 3 nitrogen and oxygen atoms in total. The van der Waals surface area contributed by atoms with Crippen LogP contribution in [-0.2, 0) is 4.79 Å². The van der Waals surface area contributed by atoms with E-state index in [2.05, 4.69) is 0 Å². The van der Waals surface area contributed by atoms with Crippen molar-refractivity contribution in [2.75, 3.05) is 13.6 Å². The third kappa shape index (κ3) is 0.891. The lowest BCUT2D eigenvalue weighted by Crippen LogP contribution is -2.50. The molecule has 1 aliphatic heterocycles. The summed E-state index contributed by atoms with van der Waals surface area (Å²) in [5.74, 6) is -0.174. The van der Waals surface area contributed by atoms with Crippen LogP contribution in [0.3, 0.4) is 0 Å². The summed E-state index contributed by atoms with van der Waals surface area (Å²) in [4.78, 5) is 13.2. The second-order valence-corrected chi connectivity index (χ2v) is 4.03. The minimum atomic E-state index is -0.606. The number of likely N-dealkylation sites (tertiary alicyclic amines) is 1. The van der Waals surface area contributed by atoms with Crippen LogP contribution in [0.25, 0.3) is 0 Å². The quantitative estimate of drug-likeness (QED) is 0.669. The van der Waals surface area contributed by atoms with Gasteiger partial charge in [0, 0.05) is 0 Å². The summed E-state index contributed by atoms with van der Waals surface area (Å²) in [7, 11) is 1.94. The highest BCUT2D eigenvalue weighted by Gasteiger charge is 2.55. The van der Waals surface area contributed by atoms with Crippen LogP contribution in [0.2, 0.25) is 0 Å². The molecule has 2 aliphatic rings. The summed E-state index contributed by atoms with van der Waals surface area (Å²) in [5, 5.41) is 9.20. The number of hydrogen-bond donors (Lipinski definition) is 1. The van der Waals surface area contributed by atoms with Gasteiger partial charge in [-0.3, -0.25) is 9.69 Å². The van der Waals surface area contributed by atoms with Crippen LogP contribution < -0.4 is 0 Å². The number of carbonyl (C=O) groups is 1. The molecule has 2 fully saturated rings. The monoisotopic (exact) mass is 169 g/mol. The molecule has 0 aromatic rings. The lowest BCUT2D eigenvalue weighted by Gasteiger charge is -2.31. The van der Waals surface area contributed by atoms with Crippen molar-refractivity contribution in [1.29, 1.82) is 0 Å². The van der Waals surface area contributed by atoms with Crippen LogP contribution in [0.4, 0.5) is 0 Å². The fourth-order valence-corrected chi connectivity index (χ4v) is 2.50. The Morgan fingerprint density at radius 3 is 2.58 bits per heavy atom. The smallest absolute Gasteiger partial charge is 0.324 e. The molecule has 3 heteroatoms. The predicted octanol–water partition coefficient (Wildman–Crippen LogP) is 0.945. The van der Waals surface area contributed by atoms with Gasteiger partial charge in [0.1, 0.15) is 5.54 Å². The van der Waals surface area contributed by atoms with E-state index in [4.69, 9.17) is 0 Å². The first-order valence-corrected chi connectivity index (χ1v) is 4.62. The summed E-state index contributed by atoms with van der Waals surface area (Å²) in [6, 6.07) is 0. The molecule has 12 heavy (non-hydrogen) atoms. The average molecular weight is 169 g/mol. The SMILES string of the molecule is CN1CCC[C@@]1(C(=O)O)C1CC1. The van der Waals surface area contributed by atoms with Gasteiger partial charge >= 0.3 is 5.97 Å². The van der Waals surface area contributed by atoms with E-state index in [9.17, 15) is 9.90 Å². The van der Waals surface area contributed by atoms with Crippen molar-refractivity contribution in [1.82, 2.24) is 4.90 Å². The standard InChI is InChI=1S/C9H15NO2/c1-10-6-2-5-9(10,8(11)12)7-3-4-7/h7H,2-6H2,1H3,(H,11,12)/t9-/m0/s1. The largest absolute Gasteiger partial charge is 0.480 e. The van der Waals surface area contributed by atoms with Gasteiger partial charge in [0.2, 0.25) is 0 Å². The van der Waals surface area contributed by atoms with Crippen molar-refractivity contribution in [3.63, 3.8) is 0 Å². The average Bonchev–Trinajstić information content (AvgIpc) is 2.76. The highest BCUT2D eigenvalue weighted by molar-refractivity contribution is 5.80. The number of nitrogens with zero attached hydrogens (tertiary/aromatic N) is 1. The zero-order valence-corrected chi connectivity index (χ0v) is 7.42. The maximum Gasteiger partial charge on any atom is 0.324 e. The number of carboxylic acid groups (broad SMARTS) is 1. The van der Waals surface area contributed by atoms with E-state index in [0.29, 0.717) is 5.92 Å². The molecule has 0 radical (unpaired) electrons. The lowest BCUT2D eigenvalue weighted by molar-refractivity contribution is -0.150. The number of aliphatic carboxylic acids is 1. The Balaban J connectivity index is 2.26. The minimum absolute atomic E-state index is 0.433. The van der Waals surface area contributed by atoms with E-state index in [0.717, 1.165) is 32.2 Å². The highest BCUT2D eigenvalue weighted by Crippen LogP contribution is 2.48. The third-order valence-electron chi connectivity index (χ3n) is 3.36. The predicted molar refractivity (Wildman–Crippen MR) is 45.0 cm³/mol. The molecule has 0 unspecified atom stereocenters. The van der Waals surface area contributed by atoms with Gasteiger partial charge in [-0.05, 0) is 45.2 Å². The van der Waals surface area contributed by atoms with Crippen LogP contribution in [0, 0.1) is 5.92 Å². The first kappa shape index (κ1) is 8.05. The topological polar surface area (TPSA) is 40.5 Å². The summed E-state index contributed by atoms with van der Waals surface area (Å²) in [6.45, 7) is 0.947. The molecule has 1 N–H and O–H groups in total. The fourth-order valence-electron chi connectivity index (χ4n) is 2.50. The van der Waals surface area contributed by atoms with Gasteiger partial charge in [-0.1, -0.05) is 0 Å². The molecule has 0 aromatic heterocycles. The van der Waals surface area contributed by atoms with Gasteiger partial charge in [0.25, 0.3) is 0 Å². The van der Waals surface area contributed by atoms with Crippen molar-refractivity contribution in [2.24, 2.45) is 5.92 Å². The number of hydrogen-bond acceptors (Lipinski definition) is 2. The van der Waals surface area contributed by atoms with Crippen LogP contribution >= 0.6 is 0 Å². The Bertz CT molecular complexity index is 213. The molecular weight excluding hydrogens is 154 g/mol. The van der Waals surface area contributed by atoms with Gasteiger partial charge in [-0.2, -0.15) is 0 Å². The summed E-state index contributed by atoms with van der Waals surface area (Å²) in [5.41, 5.74) is -0.486. The Morgan fingerprint density at radius 1 is 1.58 bits per heavy atom. The second-order valence-electron chi connectivity index (χ2n) is 4.03. The molecule has 0 amide bonds. The van der Waals surface area contributed by atoms with Crippen LogP contribution in [-0.4, -0.2) is 35.1 Å². The van der Waals surface area contributed by atoms with Gasteiger partial charge < -0.3 is 5.11 Å². The maximum absolute atomic E-state index is 11.2. The van der Waals surface area contributed by atoms with Crippen molar-refractivity contribution in [3.8, 4) is 0 Å². The van der Waals surface area contributed by atoms with Crippen LogP contribution in [0.1, 0.15) is 25.7 Å². The Kier molecular flexibility index (Phi) is 1.65. The van der Waals surface area contributed by atoms with E-state index in [1.54, 1.807) is 0 Å². The zero-order chi connectivity index (χ0) is 8.77. The molecule has 1 aliphatic carbocycles. The summed E-state index contributed by atoms with van der Waals surface area (Å²) < 4.78 is 0. The molecule has 68 valence electrons. The first-order valence-electron chi connectivity index (χ1n) is 4.62. The van der Waals surface area contributed by atoms with Crippen molar-refractivity contribution < 1.29 is 9.90 Å². The van der Waals surface area contributed by atoms with E-state index < -0.39 is 11.5 Å². The van der Waals surface area contributed by atoms with E-state index in [1.165, 1.54) is 0 Å². The van der Waals surface area contributed by atoms with Crippen molar-refractivity contribution >= 4 is 5.97 Å². The maximum atomic E-state index is 11.2. The number of rotatable bonds is 2. The van der Waals surface area contributed by atoms with Gasteiger partial charge in [-0.15, -0.1) is 0 Å². The second kappa shape index (κ2) is 2.46. The third-order valence-corrected chi connectivity index (χ3v) is 3.36. The van der Waals surface area contributed by atoms with Crippen LogP contribution in [0.15, 0.2) is 0 Å². The summed E-state index contributed by atoms with van der Waals surface area (Å²) >= 11 is 0. The lowest BCUT2D eigenvalue weighted by atomic mass is 9.90. The Hall–Kier alpha value is -0.570. The Labute approximate surface area is 72.4 Å². The molecule has 0 aromatic carbocycles. The Morgan fingerprint density at radius 2 is 2.25 bits per heavy atom. The van der Waals surface area contributed by atoms with Gasteiger partial charge in [0.05, 0.1) is 0 Å². The van der Waals surface area contributed by atoms with Gasteiger partial charge in [0.15, 0.2) is 0 Å². The highest BCUT2D eigenvalue weighted by atomic mass is 16.4. The molecule has 0 spiro atoms. The van der Waals surface area contributed by atoms with E-state index >= 15 is 0 Å². The normalized spacial score (nSPS) is 37.1. The first-order chi connectivity index (χ1) is 5.68. The molecule has 1 atom stereocenters. The van der Waals surface area contributed by atoms with E-state index in [-0.39, 0.29) is 0 Å². The molecule has 0 bridgehead atoms. The zero-order valence-electron chi connectivity index (χ0n) is 7.42. The minimum Gasteiger partial charge on any atom is -0.480 e. The summed E-state index contributed by atoms with van der Waals surface area (Å²) in [6.07, 6.45) is 4.11. The van der Waals surface area contributed by atoms with Crippen molar-refractivity contribution in [3.05, 3.63) is 0 Å². The van der Waals surface area contributed by atoms with E-state index in [1.807, 2.05) is 11.9 Å². The van der Waals surface area contributed by atoms with Crippen molar-refractivity contribution in [2.45, 2.75) is 31.2 Å².